The lowest BCUT2D eigenvalue weighted by molar-refractivity contribution is -0.127. The molecule has 2 aromatic rings. The molecule has 1 amide bonds. The molecule has 3 rings (SSSR count). The number of carbonyl (C=O) groups excluding carboxylic acids is 1. The second-order valence-electron chi connectivity index (χ2n) is 6.16. The largest absolute Gasteiger partial charge is 0.491 e. The molecule has 1 atom stereocenters. The first kappa shape index (κ1) is 17.3. The summed E-state index contributed by atoms with van der Waals surface area (Å²) in [5, 5.41) is 3.31. The Kier molecular flexibility index (Phi) is 5.90. The van der Waals surface area contributed by atoms with Gasteiger partial charge >= 0.3 is 0 Å². The first-order valence-electron chi connectivity index (χ1n) is 8.58. The van der Waals surface area contributed by atoms with E-state index in [1.54, 1.807) is 4.90 Å². The number of likely N-dealkylation sites (N-methyl/N-ethyl adjacent to an activating group) is 1. The molecule has 5 heteroatoms. The Hall–Kier alpha value is -2.53. The van der Waals surface area contributed by atoms with E-state index >= 15 is 0 Å². The van der Waals surface area contributed by atoms with Gasteiger partial charge < -0.3 is 19.7 Å². The Morgan fingerprint density at radius 2 is 1.96 bits per heavy atom. The van der Waals surface area contributed by atoms with E-state index in [1.807, 2.05) is 61.6 Å². The Balaban J connectivity index is 1.42. The number of nitrogens with one attached hydrogen (secondary N) is 1. The Labute approximate surface area is 148 Å². The van der Waals surface area contributed by atoms with Crippen molar-refractivity contribution in [3.05, 3.63) is 60.2 Å². The van der Waals surface area contributed by atoms with Crippen molar-refractivity contribution >= 4 is 11.6 Å². The monoisotopic (exact) mass is 340 g/mol. The number of rotatable bonds is 8. The fourth-order valence-electron chi connectivity index (χ4n) is 2.83. The van der Waals surface area contributed by atoms with Gasteiger partial charge in [-0.15, -0.1) is 0 Å². The van der Waals surface area contributed by atoms with Crippen molar-refractivity contribution in [3.8, 4) is 5.75 Å². The summed E-state index contributed by atoms with van der Waals surface area (Å²) in [5.41, 5.74) is 2.03. The van der Waals surface area contributed by atoms with Gasteiger partial charge in [0, 0.05) is 19.3 Å². The van der Waals surface area contributed by atoms with Gasteiger partial charge in [-0.1, -0.05) is 30.3 Å². The number of hydrogen-bond acceptors (Lipinski definition) is 4. The summed E-state index contributed by atoms with van der Waals surface area (Å²) in [5.74, 6) is 1.00. The number of nitrogens with zero attached hydrogens (tertiary/aromatic N) is 1. The van der Waals surface area contributed by atoms with Gasteiger partial charge in [0.05, 0.1) is 13.2 Å². The van der Waals surface area contributed by atoms with Gasteiger partial charge in [-0.25, -0.2) is 0 Å². The number of amides is 1. The van der Waals surface area contributed by atoms with Crippen LogP contribution in [-0.4, -0.2) is 43.7 Å². The minimum absolute atomic E-state index is 0.125. The molecule has 1 aliphatic heterocycles. The van der Waals surface area contributed by atoms with Crippen molar-refractivity contribution in [2.24, 2.45) is 0 Å². The maximum Gasteiger partial charge on any atom is 0.244 e. The highest BCUT2D eigenvalue weighted by molar-refractivity contribution is 5.86. The summed E-state index contributed by atoms with van der Waals surface area (Å²) in [6, 6.07) is 17.6. The zero-order chi connectivity index (χ0) is 17.5. The van der Waals surface area contributed by atoms with Crippen molar-refractivity contribution in [2.45, 2.75) is 19.1 Å². The Bertz CT molecular complexity index is 690. The maximum absolute atomic E-state index is 12.0. The predicted molar refractivity (Wildman–Crippen MR) is 97.7 cm³/mol. The number of ether oxygens (including phenoxy) is 2. The highest BCUT2D eigenvalue weighted by atomic mass is 16.5. The molecule has 1 saturated heterocycles. The number of para-hydroxylation sites is 1. The number of hydrogen-bond donors (Lipinski definition) is 1. The van der Waals surface area contributed by atoms with Crippen LogP contribution >= 0.6 is 0 Å². The van der Waals surface area contributed by atoms with Crippen LogP contribution < -0.4 is 10.1 Å². The Morgan fingerprint density at radius 1 is 1.12 bits per heavy atom. The molecule has 1 aliphatic rings. The molecule has 0 saturated carbocycles. The molecule has 0 aromatic heterocycles. The molecular weight excluding hydrogens is 316 g/mol. The van der Waals surface area contributed by atoms with Crippen LogP contribution in [-0.2, 0) is 16.1 Å². The first-order chi connectivity index (χ1) is 12.2. The second-order valence-corrected chi connectivity index (χ2v) is 6.16. The Morgan fingerprint density at radius 3 is 2.72 bits per heavy atom. The summed E-state index contributed by atoms with van der Waals surface area (Å²) in [6.07, 6.45) is 0.840. The van der Waals surface area contributed by atoms with E-state index in [0.717, 1.165) is 30.0 Å². The lowest BCUT2D eigenvalue weighted by Gasteiger charge is -2.14. The zero-order valence-corrected chi connectivity index (χ0v) is 14.5. The maximum atomic E-state index is 12.0. The van der Waals surface area contributed by atoms with E-state index in [0.29, 0.717) is 19.8 Å². The van der Waals surface area contributed by atoms with Crippen LogP contribution in [0.1, 0.15) is 12.0 Å². The van der Waals surface area contributed by atoms with Gasteiger partial charge in [-0.3, -0.25) is 4.79 Å². The zero-order valence-electron chi connectivity index (χ0n) is 14.5. The predicted octanol–water partition coefficient (Wildman–Crippen LogP) is 2.92. The number of carbonyl (C=O) groups is 1. The van der Waals surface area contributed by atoms with Crippen molar-refractivity contribution in [1.82, 2.24) is 4.90 Å². The van der Waals surface area contributed by atoms with Gasteiger partial charge in [-0.2, -0.15) is 0 Å². The fourth-order valence-corrected chi connectivity index (χ4v) is 2.83. The minimum Gasteiger partial charge on any atom is -0.491 e. The average Bonchev–Trinajstić information content (AvgIpc) is 2.95. The summed E-state index contributed by atoms with van der Waals surface area (Å²) in [7, 11) is 1.84. The minimum atomic E-state index is -0.125. The SMILES string of the molecule is CN1CC[C@@H](Nc2cccc(COCCOc3ccccc3)c2)C1=O. The molecule has 5 nitrogen and oxygen atoms in total. The third-order valence-electron chi connectivity index (χ3n) is 4.20. The molecule has 2 aromatic carbocycles. The highest BCUT2D eigenvalue weighted by Gasteiger charge is 2.28. The standard InChI is InChI=1S/C20H24N2O3/c1-22-11-10-19(20(22)23)21-17-7-5-6-16(14-17)15-24-12-13-25-18-8-3-2-4-9-18/h2-9,14,19,21H,10-13,15H2,1H3/t19-/m1/s1. The van der Waals surface area contributed by atoms with Crippen molar-refractivity contribution in [3.63, 3.8) is 0 Å². The molecule has 0 aliphatic carbocycles. The van der Waals surface area contributed by atoms with E-state index in [1.165, 1.54) is 0 Å². The molecule has 0 bridgehead atoms. The van der Waals surface area contributed by atoms with E-state index < -0.39 is 0 Å². The summed E-state index contributed by atoms with van der Waals surface area (Å²) < 4.78 is 11.3. The molecular formula is C20H24N2O3. The van der Waals surface area contributed by atoms with Gasteiger partial charge in [0.2, 0.25) is 5.91 Å². The number of anilines is 1. The third-order valence-corrected chi connectivity index (χ3v) is 4.20. The van der Waals surface area contributed by atoms with Crippen molar-refractivity contribution in [2.75, 3.05) is 32.1 Å². The molecule has 0 unspecified atom stereocenters. The van der Waals surface area contributed by atoms with Gasteiger partial charge in [-0.05, 0) is 36.2 Å². The molecule has 1 heterocycles. The van der Waals surface area contributed by atoms with Crippen LogP contribution in [0.3, 0.4) is 0 Å². The average molecular weight is 340 g/mol. The highest BCUT2D eigenvalue weighted by Crippen LogP contribution is 2.18. The van der Waals surface area contributed by atoms with E-state index in [4.69, 9.17) is 9.47 Å². The molecule has 25 heavy (non-hydrogen) atoms. The molecule has 0 radical (unpaired) electrons. The first-order valence-corrected chi connectivity index (χ1v) is 8.58. The van der Waals surface area contributed by atoms with E-state index in [9.17, 15) is 4.79 Å². The van der Waals surface area contributed by atoms with E-state index in [2.05, 4.69) is 5.32 Å². The van der Waals surface area contributed by atoms with Crippen LogP contribution in [0.2, 0.25) is 0 Å². The smallest absolute Gasteiger partial charge is 0.244 e. The second kappa shape index (κ2) is 8.53. The van der Waals surface area contributed by atoms with Crippen LogP contribution in [0.5, 0.6) is 5.75 Å². The summed E-state index contributed by atoms with van der Waals surface area (Å²) in [6.45, 7) is 2.37. The topological polar surface area (TPSA) is 50.8 Å². The quantitative estimate of drug-likeness (QED) is 0.751. The van der Waals surface area contributed by atoms with Crippen LogP contribution in [0.4, 0.5) is 5.69 Å². The molecule has 1 fully saturated rings. The van der Waals surface area contributed by atoms with Crippen LogP contribution in [0.15, 0.2) is 54.6 Å². The third kappa shape index (κ3) is 4.97. The van der Waals surface area contributed by atoms with E-state index in [-0.39, 0.29) is 11.9 Å². The molecule has 1 N–H and O–H groups in total. The lowest BCUT2D eigenvalue weighted by Crippen LogP contribution is -2.30. The van der Waals surface area contributed by atoms with Gasteiger partial charge in [0.1, 0.15) is 18.4 Å². The fraction of sp³-hybridized carbons (Fsp3) is 0.350. The summed E-state index contributed by atoms with van der Waals surface area (Å²) in [4.78, 5) is 13.7. The molecule has 0 spiro atoms. The molecule has 132 valence electrons. The number of benzene rings is 2. The van der Waals surface area contributed by atoms with Gasteiger partial charge in [0.15, 0.2) is 0 Å². The van der Waals surface area contributed by atoms with Gasteiger partial charge in [0.25, 0.3) is 0 Å². The van der Waals surface area contributed by atoms with Crippen molar-refractivity contribution in [1.29, 1.82) is 0 Å². The lowest BCUT2D eigenvalue weighted by atomic mass is 10.2. The summed E-state index contributed by atoms with van der Waals surface area (Å²) >= 11 is 0. The van der Waals surface area contributed by atoms with Crippen molar-refractivity contribution < 1.29 is 14.3 Å². The van der Waals surface area contributed by atoms with Crippen LogP contribution in [0.25, 0.3) is 0 Å². The normalized spacial score (nSPS) is 16.9. The number of likely N-dealkylation sites (tertiary alicyclic amines) is 1. The van der Waals surface area contributed by atoms with Crippen LogP contribution in [0, 0.1) is 0 Å².